The number of nitrogens with one attached hydrogen (secondary N) is 2. The van der Waals surface area contributed by atoms with Gasteiger partial charge in [-0.1, -0.05) is 0 Å². The van der Waals surface area contributed by atoms with Crippen LogP contribution in [0.2, 0.25) is 0 Å². The van der Waals surface area contributed by atoms with Crippen molar-refractivity contribution in [1.82, 2.24) is 19.5 Å². The smallest absolute Gasteiger partial charge is 0.258 e. The second-order valence-electron chi connectivity index (χ2n) is 10.7. The molecule has 2 aliphatic rings. The van der Waals surface area contributed by atoms with Crippen LogP contribution in [0.4, 0.5) is 26.0 Å². The summed E-state index contributed by atoms with van der Waals surface area (Å²) in [6, 6.07) is 13.1. The topological polar surface area (TPSA) is 87.0 Å². The van der Waals surface area contributed by atoms with Crippen LogP contribution in [-0.4, -0.2) is 77.9 Å². The van der Waals surface area contributed by atoms with Crippen LogP contribution in [-0.2, 0) is 11.2 Å². The number of amides is 1. The third-order valence-corrected chi connectivity index (χ3v) is 7.66. The molecule has 2 fully saturated rings. The Bertz CT molecular complexity index is 1530. The van der Waals surface area contributed by atoms with Gasteiger partial charge in [-0.15, -0.1) is 0 Å². The SMILES string of the molecule is CN1CCN(c2ccc(C(=O)Nc3cnc4ccc(Cc5cc(F)cc(F)c5)nn34)c(NC3CCOCC3)c2)CC1. The first-order chi connectivity index (χ1) is 19.9. The quantitative estimate of drug-likeness (QED) is 0.350. The van der Waals surface area contributed by atoms with Crippen molar-refractivity contribution in [2.45, 2.75) is 25.3 Å². The Morgan fingerprint density at radius 3 is 2.51 bits per heavy atom. The Labute approximate surface area is 237 Å². The van der Waals surface area contributed by atoms with Crippen LogP contribution in [0.25, 0.3) is 5.65 Å². The van der Waals surface area contributed by atoms with Gasteiger partial charge in [-0.3, -0.25) is 4.79 Å². The standard InChI is InChI=1S/C30H33F2N7O2/c1-37-8-10-38(11-9-37)25-3-4-26(27(18-25)34-23-6-12-41-13-7-23)30(40)35-29-19-33-28-5-2-24(36-39(28)29)16-20-14-21(31)17-22(32)15-20/h2-5,14-15,17-19,23,34H,6-13,16H2,1H3,(H,35,40). The number of likely N-dealkylation sites (N-methyl/N-ethyl adjacent to an activating group) is 1. The van der Waals surface area contributed by atoms with E-state index in [2.05, 4.69) is 43.6 Å². The summed E-state index contributed by atoms with van der Waals surface area (Å²) in [5.41, 5.74) is 3.97. The Hall–Kier alpha value is -4.09. The molecule has 6 rings (SSSR count). The monoisotopic (exact) mass is 561 g/mol. The largest absolute Gasteiger partial charge is 0.381 e. The number of carbonyl (C=O) groups is 1. The molecule has 2 aromatic heterocycles. The Balaban J connectivity index is 1.25. The van der Waals surface area contributed by atoms with Gasteiger partial charge in [0.05, 0.1) is 17.5 Å². The molecule has 2 aliphatic heterocycles. The molecule has 0 aliphatic carbocycles. The minimum atomic E-state index is -0.638. The molecule has 0 spiro atoms. The number of hydrogen-bond acceptors (Lipinski definition) is 7. The Morgan fingerprint density at radius 1 is 1.00 bits per heavy atom. The number of halogens is 2. The van der Waals surface area contributed by atoms with E-state index in [0.717, 1.165) is 56.5 Å². The molecule has 11 heteroatoms. The normalized spacial score (nSPS) is 16.7. The maximum absolute atomic E-state index is 13.7. The van der Waals surface area contributed by atoms with Crippen molar-refractivity contribution in [3.63, 3.8) is 0 Å². The van der Waals surface area contributed by atoms with E-state index < -0.39 is 11.6 Å². The molecule has 41 heavy (non-hydrogen) atoms. The van der Waals surface area contributed by atoms with Crippen molar-refractivity contribution in [2.75, 3.05) is 62.0 Å². The summed E-state index contributed by atoms with van der Waals surface area (Å²) < 4.78 is 34.4. The van der Waals surface area contributed by atoms with Crippen LogP contribution in [0, 0.1) is 11.6 Å². The number of aromatic nitrogens is 3. The van der Waals surface area contributed by atoms with Crippen LogP contribution < -0.4 is 15.5 Å². The predicted molar refractivity (Wildman–Crippen MR) is 154 cm³/mol. The fourth-order valence-electron chi connectivity index (χ4n) is 5.37. The minimum absolute atomic E-state index is 0.214. The van der Waals surface area contributed by atoms with Gasteiger partial charge in [-0.05, 0) is 67.9 Å². The molecule has 2 N–H and O–H groups in total. The average molecular weight is 562 g/mol. The van der Waals surface area contributed by atoms with Gasteiger partial charge in [-0.2, -0.15) is 9.61 Å². The first-order valence-electron chi connectivity index (χ1n) is 13.9. The molecular weight excluding hydrogens is 528 g/mol. The van der Waals surface area contributed by atoms with Gasteiger partial charge in [0.2, 0.25) is 0 Å². The zero-order valence-corrected chi connectivity index (χ0v) is 22.9. The number of imidazole rings is 1. The molecule has 2 saturated heterocycles. The molecule has 0 saturated carbocycles. The highest BCUT2D eigenvalue weighted by Crippen LogP contribution is 2.28. The molecule has 4 aromatic rings. The molecule has 9 nitrogen and oxygen atoms in total. The molecule has 0 atom stereocenters. The maximum Gasteiger partial charge on any atom is 0.258 e. The molecular formula is C30H33F2N7O2. The zero-order chi connectivity index (χ0) is 28.3. The van der Waals surface area contributed by atoms with Crippen molar-refractivity contribution < 1.29 is 18.3 Å². The van der Waals surface area contributed by atoms with Crippen LogP contribution in [0.3, 0.4) is 0 Å². The van der Waals surface area contributed by atoms with Crippen LogP contribution in [0.1, 0.15) is 34.5 Å². The summed E-state index contributed by atoms with van der Waals surface area (Å²) in [7, 11) is 2.13. The second kappa shape index (κ2) is 11.8. The number of nitrogens with zero attached hydrogens (tertiary/aromatic N) is 5. The van der Waals surface area contributed by atoms with Crippen LogP contribution in [0.15, 0.2) is 54.7 Å². The highest BCUT2D eigenvalue weighted by Gasteiger charge is 2.22. The number of benzene rings is 2. The van der Waals surface area contributed by atoms with Gasteiger partial charge in [0, 0.05) is 69.3 Å². The van der Waals surface area contributed by atoms with E-state index in [9.17, 15) is 13.6 Å². The highest BCUT2D eigenvalue weighted by molar-refractivity contribution is 6.08. The molecule has 0 radical (unpaired) electrons. The molecule has 1 amide bonds. The number of carbonyl (C=O) groups excluding carboxylic acids is 1. The number of anilines is 3. The molecule has 214 valence electrons. The summed E-state index contributed by atoms with van der Waals surface area (Å²) in [6.45, 7) is 5.21. The van der Waals surface area contributed by atoms with Crippen molar-refractivity contribution in [1.29, 1.82) is 0 Å². The Kier molecular flexibility index (Phi) is 7.80. The van der Waals surface area contributed by atoms with E-state index >= 15 is 0 Å². The third-order valence-electron chi connectivity index (χ3n) is 7.66. The molecule has 2 aromatic carbocycles. The van der Waals surface area contributed by atoms with Gasteiger partial charge >= 0.3 is 0 Å². The lowest BCUT2D eigenvalue weighted by atomic mass is 10.1. The fraction of sp³-hybridized carbons (Fsp3) is 0.367. The van der Waals surface area contributed by atoms with E-state index in [4.69, 9.17) is 4.74 Å². The number of piperazine rings is 1. The first kappa shape index (κ1) is 27.1. The van der Waals surface area contributed by atoms with E-state index in [1.54, 1.807) is 18.3 Å². The predicted octanol–water partition coefficient (Wildman–Crippen LogP) is 4.19. The molecule has 0 unspecified atom stereocenters. The lowest BCUT2D eigenvalue weighted by molar-refractivity contribution is 0.0904. The number of rotatable bonds is 7. The molecule has 4 heterocycles. The number of ether oxygens (including phenoxy) is 1. The van der Waals surface area contributed by atoms with E-state index in [1.807, 2.05) is 12.1 Å². The van der Waals surface area contributed by atoms with E-state index in [-0.39, 0.29) is 18.4 Å². The summed E-state index contributed by atoms with van der Waals surface area (Å²) in [4.78, 5) is 22.7. The summed E-state index contributed by atoms with van der Waals surface area (Å²) in [5, 5.41) is 11.2. The lowest BCUT2D eigenvalue weighted by Crippen LogP contribution is -2.44. The lowest BCUT2D eigenvalue weighted by Gasteiger charge is -2.34. The highest BCUT2D eigenvalue weighted by atomic mass is 19.1. The van der Waals surface area contributed by atoms with Crippen molar-refractivity contribution >= 4 is 28.7 Å². The van der Waals surface area contributed by atoms with Gasteiger partial charge < -0.3 is 25.2 Å². The van der Waals surface area contributed by atoms with Gasteiger partial charge in [0.25, 0.3) is 5.91 Å². The van der Waals surface area contributed by atoms with Crippen molar-refractivity contribution in [3.8, 4) is 0 Å². The third kappa shape index (κ3) is 6.31. The first-order valence-corrected chi connectivity index (χ1v) is 13.9. The summed E-state index contributed by atoms with van der Waals surface area (Å²) in [6.07, 6.45) is 3.52. The Morgan fingerprint density at radius 2 is 1.76 bits per heavy atom. The fourth-order valence-corrected chi connectivity index (χ4v) is 5.37. The number of hydrogen-bond donors (Lipinski definition) is 2. The molecule has 0 bridgehead atoms. The maximum atomic E-state index is 13.7. The summed E-state index contributed by atoms with van der Waals surface area (Å²) >= 11 is 0. The number of fused-ring (bicyclic) bond motifs is 1. The van der Waals surface area contributed by atoms with Gasteiger partial charge in [0.15, 0.2) is 11.5 Å². The van der Waals surface area contributed by atoms with Crippen molar-refractivity contribution in [2.24, 2.45) is 0 Å². The van der Waals surface area contributed by atoms with E-state index in [1.165, 1.54) is 16.6 Å². The van der Waals surface area contributed by atoms with Gasteiger partial charge in [0.1, 0.15) is 11.6 Å². The summed E-state index contributed by atoms with van der Waals surface area (Å²) in [5.74, 6) is -1.16. The van der Waals surface area contributed by atoms with Crippen molar-refractivity contribution in [3.05, 3.63) is 83.2 Å². The second-order valence-corrected chi connectivity index (χ2v) is 10.7. The van der Waals surface area contributed by atoms with Crippen LogP contribution in [0.5, 0.6) is 0 Å². The minimum Gasteiger partial charge on any atom is -0.381 e. The average Bonchev–Trinajstić information content (AvgIpc) is 3.35. The van der Waals surface area contributed by atoms with Gasteiger partial charge in [-0.25, -0.2) is 13.8 Å². The van der Waals surface area contributed by atoms with Crippen LogP contribution >= 0.6 is 0 Å². The van der Waals surface area contributed by atoms with E-state index in [0.29, 0.717) is 41.5 Å². The zero-order valence-electron chi connectivity index (χ0n) is 22.9.